The SMILES string of the molecule is Cc1cc(F)cc(-c2cc(C(C)(C)CC(C)(C)C)cc(-c3c4ccc(C(C)(C)C)cc4cc4ccc(C(C)(C)C)cc34)c2O)c1O[CH2][Ge]([CH2]Oc1c(C)cc(F)cc1-c1cc(C(C)(C)CC(C)(C)C)cc(-c2c3ccc(C(C)(C)C)cc3cc3ccc(C(C)(C)C)cc23)c1O)([CH](C)C)[CH](C)C.[CH-]1CCCO1.[CH2-][Si](C)(C)C.[Sc]. The second kappa shape index (κ2) is 33.8. The number of phenols is 2. The third-order valence-corrected chi connectivity index (χ3v) is 35.2. The molecule has 2 N–H and O–H groups in total. The number of fused-ring (bicyclic) bond motifs is 4. The number of aryl methyl sites for hydroxylation is 2. The van der Waals surface area contributed by atoms with Crippen molar-refractivity contribution < 1.29 is 59.0 Å². The van der Waals surface area contributed by atoms with E-state index in [2.05, 4.69) is 315 Å². The van der Waals surface area contributed by atoms with E-state index in [1.165, 1.54) is 28.7 Å². The first-order valence-corrected chi connectivity index (χ1v) is 49.9. The van der Waals surface area contributed by atoms with Crippen LogP contribution in [0.3, 0.4) is 0 Å². The van der Waals surface area contributed by atoms with Crippen LogP contribution >= 0.6 is 0 Å². The summed E-state index contributed by atoms with van der Waals surface area (Å²) >= 11 is -3.64. The largest absolute Gasteiger partial charge is 0.552 e. The molecule has 0 atom stereocenters. The second-order valence-electron chi connectivity index (χ2n) is 42.4. The Kier molecular flexibility index (Phi) is 27.6. The minimum Gasteiger partial charge on any atom is -0.552 e. The maximum atomic E-state index is 16.8. The van der Waals surface area contributed by atoms with Crippen molar-refractivity contribution in [3.8, 4) is 67.5 Å². The molecular weight excluding hydrogens is 1490 g/mol. The van der Waals surface area contributed by atoms with Crippen molar-refractivity contribution in [2.24, 2.45) is 10.8 Å². The molecule has 10 aromatic carbocycles. The van der Waals surface area contributed by atoms with Gasteiger partial charge < -0.3 is 11.3 Å². The Balaban J connectivity index is 0.00000133. The van der Waals surface area contributed by atoms with E-state index >= 15 is 8.78 Å². The van der Waals surface area contributed by atoms with Crippen LogP contribution < -0.4 is 9.47 Å². The van der Waals surface area contributed by atoms with Crippen molar-refractivity contribution >= 4 is 64.4 Å². The van der Waals surface area contributed by atoms with Crippen molar-refractivity contribution in [1.82, 2.24) is 0 Å². The van der Waals surface area contributed by atoms with Crippen LogP contribution in [0.15, 0.2) is 133 Å². The fourth-order valence-corrected chi connectivity index (χ4v) is 24.3. The molecule has 1 fully saturated rings. The molecule has 0 bridgehead atoms. The second-order valence-corrected chi connectivity index (χ2v) is 58.7. The van der Waals surface area contributed by atoms with Gasteiger partial charge in [-0.3, -0.25) is 0 Å². The summed E-state index contributed by atoms with van der Waals surface area (Å²) in [6.07, 6.45) is 4.05. The molecule has 1 aliphatic rings. The molecule has 0 aromatic heterocycles. The van der Waals surface area contributed by atoms with Crippen LogP contribution in [-0.4, -0.2) is 49.0 Å². The molecule has 1 aliphatic heterocycles. The summed E-state index contributed by atoms with van der Waals surface area (Å²) in [6, 6.07) is 46.4. The van der Waals surface area contributed by atoms with Crippen LogP contribution in [0.4, 0.5) is 8.78 Å². The van der Waals surface area contributed by atoms with Crippen molar-refractivity contribution in [3.63, 3.8) is 0 Å². The number of halogens is 2. The van der Waals surface area contributed by atoms with E-state index in [4.69, 9.17) is 14.2 Å². The molecule has 10 aromatic rings. The maximum absolute atomic E-state index is 16.8. The predicted octanol–water partition coefficient (Wildman–Crippen LogP) is 30.4. The zero-order valence-electron chi connectivity index (χ0n) is 74.5. The predicted molar refractivity (Wildman–Crippen MR) is 481 cm³/mol. The number of hydrogen-bond acceptors (Lipinski definition) is 5. The smallest absolute Gasteiger partial charge is 0.00878 e. The number of rotatable bonds is 16. The van der Waals surface area contributed by atoms with Gasteiger partial charge in [-0.2, -0.15) is 6.42 Å². The Morgan fingerprint density at radius 1 is 0.429 bits per heavy atom. The number of aromatic hydroxyl groups is 2. The van der Waals surface area contributed by atoms with Crippen molar-refractivity contribution in [2.45, 2.75) is 281 Å². The fraction of sp³-hybridized carbons (Fsp3) is 0.471. The van der Waals surface area contributed by atoms with E-state index in [-0.39, 0.29) is 79.3 Å². The van der Waals surface area contributed by atoms with Crippen LogP contribution in [-0.2, 0) is 63.1 Å². The number of ether oxygens (including phenoxy) is 3. The van der Waals surface area contributed by atoms with Crippen LogP contribution in [0.1, 0.15) is 250 Å². The Morgan fingerprint density at radius 2 is 0.750 bits per heavy atom. The maximum Gasteiger partial charge on any atom is 0.00878 e. The molecule has 1 heterocycles. The van der Waals surface area contributed by atoms with Gasteiger partial charge in [0, 0.05) is 32.5 Å². The molecule has 10 heteroatoms. The first kappa shape index (κ1) is 91.4. The zero-order chi connectivity index (χ0) is 82.8. The summed E-state index contributed by atoms with van der Waals surface area (Å²) in [4.78, 5) is 0. The molecule has 0 unspecified atom stereocenters. The summed E-state index contributed by atoms with van der Waals surface area (Å²) in [5.41, 5.74) is 12.5. The molecule has 0 saturated carbocycles. The van der Waals surface area contributed by atoms with Crippen molar-refractivity contribution in [2.75, 3.05) is 17.5 Å². The number of phenolic OH excluding ortho intramolecular Hbond substituents is 2. The normalized spacial score (nSPS) is 13.8. The van der Waals surface area contributed by atoms with E-state index in [0.29, 0.717) is 66.9 Å². The van der Waals surface area contributed by atoms with E-state index in [1.807, 2.05) is 20.5 Å². The van der Waals surface area contributed by atoms with Gasteiger partial charge in [-0.15, -0.1) is 8.07 Å². The van der Waals surface area contributed by atoms with Gasteiger partial charge in [-0.05, 0) is 10.8 Å². The molecule has 601 valence electrons. The molecule has 1 saturated heterocycles. The zero-order valence-corrected chi connectivity index (χ0v) is 79.4. The Morgan fingerprint density at radius 3 is 1.04 bits per heavy atom. The quantitative estimate of drug-likeness (QED) is 0.0573. The fourth-order valence-electron chi connectivity index (χ4n) is 16.8. The van der Waals surface area contributed by atoms with Crippen LogP contribution in [0, 0.1) is 49.5 Å². The topological polar surface area (TPSA) is 68.2 Å². The number of hydrogen-bond donors (Lipinski definition) is 2. The monoisotopic (exact) mass is 1630 g/mol. The van der Waals surface area contributed by atoms with E-state index in [9.17, 15) is 10.2 Å². The summed E-state index contributed by atoms with van der Waals surface area (Å²) in [5, 5.41) is 35.6. The van der Waals surface area contributed by atoms with Crippen LogP contribution in [0.2, 0.25) is 29.1 Å². The van der Waals surface area contributed by atoms with E-state index < -0.39 is 43.8 Å². The third-order valence-electron chi connectivity index (χ3n) is 22.7. The molecule has 0 amide bonds. The Labute approximate surface area is 697 Å². The average Bonchev–Trinajstić information content (AvgIpc) is 0.883. The third kappa shape index (κ3) is 21.4. The van der Waals surface area contributed by atoms with Crippen LogP contribution in [0.25, 0.3) is 87.6 Å². The van der Waals surface area contributed by atoms with Gasteiger partial charge in [0.25, 0.3) is 0 Å². The number of benzene rings is 10. The molecule has 112 heavy (non-hydrogen) atoms. The summed E-state index contributed by atoms with van der Waals surface area (Å²) in [7, 11) is -0.861. The summed E-state index contributed by atoms with van der Waals surface area (Å²) in [5.74, 6) is 0.288. The van der Waals surface area contributed by atoms with Crippen LogP contribution in [0.5, 0.6) is 23.0 Å². The minimum atomic E-state index is -3.64. The molecule has 1 radical (unpaired) electrons. The van der Waals surface area contributed by atoms with Gasteiger partial charge in [-0.1, -0.05) is 109 Å². The molecule has 0 aliphatic carbocycles. The molecule has 0 spiro atoms. The van der Waals surface area contributed by atoms with Gasteiger partial charge >= 0.3 is 518 Å². The Hall–Kier alpha value is -6.11. The van der Waals surface area contributed by atoms with Gasteiger partial charge in [0.05, 0.1) is 0 Å². The van der Waals surface area contributed by atoms with E-state index in [0.717, 1.165) is 91.2 Å². The summed E-state index contributed by atoms with van der Waals surface area (Å²) in [6.45, 7) is 75.9. The first-order chi connectivity index (χ1) is 50.9. The average molecular weight is 1630 g/mol. The first-order valence-electron chi connectivity index (χ1n) is 40.8. The van der Waals surface area contributed by atoms with Gasteiger partial charge in [-0.25, -0.2) is 6.61 Å². The molecule has 11 rings (SSSR count). The molecular formula is C102H136F2GeO5ScSi-2. The van der Waals surface area contributed by atoms with Crippen molar-refractivity contribution in [1.29, 1.82) is 0 Å². The molecule has 5 nitrogen and oxygen atoms in total. The van der Waals surface area contributed by atoms with Gasteiger partial charge in [0.15, 0.2) is 0 Å². The van der Waals surface area contributed by atoms with Crippen molar-refractivity contribution in [3.05, 3.63) is 203 Å². The Bertz CT molecular complexity index is 4740. The summed E-state index contributed by atoms with van der Waals surface area (Å²) < 4.78 is 53.6. The van der Waals surface area contributed by atoms with Gasteiger partial charge in [0.2, 0.25) is 0 Å². The van der Waals surface area contributed by atoms with E-state index in [1.54, 1.807) is 24.3 Å². The van der Waals surface area contributed by atoms with Gasteiger partial charge in [0.1, 0.15) is 0 Å². The standard InChI is InChI=1S/C94H118F2GeO4.C4H7O.C4H11Si.Sc/c1-55(2)97(56(3)4,53-100-85-57(5)37-69(95)49-77(85)75-45-67(93(25,26)51-87(7,8)9)47-79(83(75)98)81-71-35-33-63(89(13,14)15)41-61(71)39-59-29-31-65(43-73(59)81)91(19,20)21)54-101-86-58(6)38-70(96)50-78(86)76-46-68(94(27,28)52-88(10,11)12)48-80(84(76)99)82-72-36-34-64(90(16,17)18)42-62(72)40-60-30-32-66(44-74(60)82)92(22,23)24;1-2-4-5-3-1;1-5(2,3)4;/h29-50,55-56,98-99H,51-54H2,1-28H3;3H,1-2,4H2;1H2,2-4H3;/q;2*-1;. The minimum absolute atomic E-state index is 0.